The molecule has 0 heterocycles. The zero-order valence-electron chi connectivity index (χ0n) is 29.5. The van der Waals surface area contributed by atoms with Crippen molar-refractivity contribution in [2.75, 3.05) is 6.26 Å². The molecular formula is C19H33K4N3O21S7. The van der Waals surface area contributed by atoms with Crippen molar-refractivity contribution in [2.24, 2.45) is 0 Å². The summed E-state index contributed by atoms with van der Waals surface area (Å²) in [6, 6.07) is -4.40. The van der Waals surface area contributed by atoms with E-state index in [0.29, 0.717) is 6.26 Å². The van der Waals surface area contributed by atoms with Crippen LogP contribution in [0.1, 0.15) is 57.8 Å². The molecule has 6 unspecified atom stereocenters. The zero-order valence-corrected chi connectivity index (χ0v) is 47.7. The monoisotopic (exact) mass is 1020 g/mol. The fraction of sp³-hybridized carbons (Fsp3) is 1.00. The molecule has 3 rings (SSSR count). The molecular weight excluding hydrogens is 987 g/mol. The van der Waals surface area contributed by atoms with Crippen molar-refractivity contribution in [3.05, 3.63) is 0 Å². The van der Waals surface area contributed by atoms with Gasteiger partial charge in [0.05, 0.1) is 78.2 Å². The summed E-state index contributed by atoms with van der Waals surface area (Å²) in [6.07, 6.45) is -5.88. The van der Waals surface area contributed by atoms with Gasteiger partial charge >= 0.3 is 206 Å². The Bertz CT molecular complexity index is 1830. The maximum atomic E-state index is 13.2. The first kappa shape index (κ1) is 61.9. The Morgan fingerprint density at radius 3 is 0.796 bits per heavy atom. The Morgan fingerprint density at radius 1 is 0.370 bits per heavy atom. The number of hydrogen-bond donors (Lipinski definition) is 3. The third-order valence-corrected chi connectivity index (χ3v) is 16.6. The van der Waals surface area contributed by atoms with Crippen molar-refractivity contribution < 1.29 is 296 Å². The molecule has 6 atom stereocenters. The number of rotatable bonds is 15. The van der Waals surface area contributed by atoms with Gasteiger partial charge in [0.2, 0.25) is 0 Å². The van der Waals surface area contributed by atoms with Crippen molar-refractivity contribution in [1.29, 1.82) is 0 Å². The first-order valence-corrected chi connectivity index (χ1v) is 24.8. The molecule has 3 aliphatic rings. The van der Waals surface area contributed by atoms with E-state index in [4.69, 9.17) is 8.57 Å². The molecule has 0 aromatic rings. The van der Waals surface area contributed by atoms with Gasteiger partial charge in [0.15, 0.2) is 0 Å². The van der Waals surface area contributed by atoms with Crippen LogP contribution in [-0.4, -0.2) is 133 Å². The Kier molecular flexibility index (Phi) is 27.9. The maximum Gasteiger partial charge on any atom is 1.00 e. The van der Waals surface area contributed by atoms with Gasteiger partial charge in [-0.05, 0) is 57.8 Å². The van der Waals surface area contributed by atoms with Crippen LogP contribution < -0.4 is 222 Å². The minimum atomic E-state index is -5.16. The molecule has 0 aliphatic heterocycles. The van der Waals surface area contributed by atoms with Crippen LogP contribution in [0.15, 0.2) is 0 Å². The van der Waals surface area contributed by atoms with Gasteiger partial charge < -0.3 is 18.2 Å². The molecule has 0 spiro atoms. The van der Waals surface area contributed by atoms with Crippen LogP contribution in [0.4, 0.5) is 0 Å². The summed E-state index contributed by atoms with van der Waals surface area (Å²) in [5, 5.41) is -11.4. The molecule has 24 nitrogen and oxygen atoms in total. The molecule has 0 aromatic heterocycles. The number of nitrogens with one attached hydrogen (secondary N) is 3. The van der Waals surface area contributed by atoms with E-state index in [-0.39, 0.29) is 206 Å². The third kappa shape index (κ3) is 20.3. The minimum absolute atomic E-state index is 0. The van der Waals surface area contributed by atoms with Crippen molar-refractivity contribution in [1.82, 2.24) is 16.4 Å². The summed E-state index contributed by atoms with van der Waals surface area (Å²) >= 11 is 0. The molecule has 3 aliphatic carbocycles. The molecule has 0 aromatic carbocycles. The summed E-state index contributed by atoms with van der Waals surface area (Å²) < 4.78 is 229. The summed E-state index contributed by atoms with van der Waals surface area (Å²) in [5.74, 6) is 0. The Balaban J connectivity index is 0. The second kappa shape index (κ2) is 24.4. The SMILES string of the molecule is CS(=O)(=O)ONC1CC(S(=O)(=O)ONC2CC(S(=O)(=O)[O-])CC(S(=O)(=O)[O-])C2)CC(S(=O)(=O)ONC2CC(S(=O)(=O)[O-])CC(S(=O)(=O)[O-])C2)C1.[K+].[K+].[K+].[K+]. The van der Waals surface area contributed by atoms with Crippen LogP contribution in [0.5, 0.6) is 0 Å². The van der Waals surface area contributed by atoms with Crippen molar-refractivity contribution >= 4 is 70.8 Å². The van der Waals surface area contributed by atoms with Gasteiger partial charge in [-0.25, -0.2) is 33.7 Å². The molecule has 296 valence electrons. The van der Waals surface area contributed by atoms with Crippen LogP contribution in [0.2, 0.25) is 0 Å². The predicted molar refractivity (Wildman–Crippen MR) is 160 cm³/mol. The first-order valence-electron chi connectivity index (χ1n) is 14.1. The molecule has 0 saturated heterocycles. The van der Waals surface area contributed by atoms with E-state index in [1.165, 1.54) is 0 Å². The van der Waals surface area contributed by atoms with E-state index >= 15 is 0 Å². The maximum absolute atomic E-state index is 13.2. The Morgan fingerprint density at radius 2 is 0.574 bits per heavy atom. The quantitative estimate of drug-likeness (QED) is 0.0779. The normalized spacial score (nSPS) is 30.4. The molecule has 54 heavy (non-hydrogen) atoms. The summed E-state index contributed by atoms with van der Waals surface area (Å²) in [4.78, 5) is 0. The standard InChI is InChI=1S/C19H37N3O21S7.4K/c1-44(23,24)41-20-13-6-18(49(37,38)42-21-11-2-14(45(25,26)27)8-15(3-11)46(28,29)30)10-19(7-13)50(39,40)43-22-12-4-16(47(31,32)33)9-17(5-12)48(34,35)36;;;;/h11-22H,2-10H2,1H3,(H,25,26,27)(H,28,29,30)(H,31,32,33)(H,34,35,36);;;;/q;4*+1/p-4. The third-order valence-electron chi connectivity index (χ3n) is 8.34. The molecule has 3 saturated carbocycles. The van der Waals surface area contributed by atoms with Crippen molar-refractivity contribution in [2.45, 2.75) is 107 Å². The first-order chi connectivity index (χ1) is 22.4. The summed E-state index contributed by atoms with van der Waals surface area (Å²) in [7, 11) is -34.9. The Labute approximate surface area is 485 Å². The van der Waals surface area contributed by atoms with Crippen molar-refractivity contribution in [3.63, 3.8) is 0 Å². The van der Waals surface area contributed by atoms with Crippen LogP contribution in [0.3, 0.4) is 0 Å². The second-order valence-electron chi connectivity index (χ2n) is 12.2. The van der Waals surface area contributed by atoms with E-state index in [0.717, 1.165) is 0 Å². The Hall–Kier alpha value is 5.80. The summed E-state index contributed by atoms with van der Waals surface area (Å²) in [6.45, 7) is 0. The predicted octanol–water partition coefficient (Wildman–Crippen LogP) is -16.8. The van der Waals surface area contributed by atoms with Gasteiger partial charge in [-0.3, -0.25) is 0 Å². The second-order valence-corrected chi connectivity index (χ2v) is 24.0. The fourth-order valence-electron chi connectivity index (χ4n) is 5.91. The van der Waals surface area contributed by atoms with Crippen LogP contribution in [0.25, 0.3) is 0 Å². The fourth-order valence-corrected chi connectivity index (χ4v) is 13.0. The van der Waals surface area contributed by atoms with E-state index < -0.39 is 178 Å². The summed E-state index contributed by atoms with van der Waals surface area (Å²) in [5.41, 5.74) is 5.80. The van der Waals surface area contributed by atoms with Gasteiger partial charge in [-0.1, -0.05) is 0 Å². The minimum Gasteiger partial charge on any atom is -0.748 e. The van der Waals surface area contributed by atoms with Crippen LogP contribution >= 0.6 is 0 Å². The van der Waals surface area contributed by atoms with Crippen LogP contribution in [-0.2, 0) is 83.7 Å². The van der Waals surface area contributed by atoms with Crippen molar-refractivity contribution in [3.8, 4) is 0 Å². The average molecular weight is 1020 g/mol. The molecule has 3 fully saturated rings. The van der Waals surface area contributed by atoms with Gasteiger partial charge in [0.25, 0.3) is 30.4 Å². The number of hydrogen-bond acceptors (Lipinski definition) is 24. The molecule has 0 radical (unpaired) electrons. The molecule has 0 amide bonds. The van der Waals surface area contributed by atoms with Gasteiger partial charge in [0.1, 0.15) is 0 Å². The smallest absolute Gasteiger partial charge is 0.748 e. The molecule has 0 bridgehead atoms. The number of hydroxylamine groups is 3. The topological polar surface area (TPSA) is 395 Å². The van der Waals surface area contributed by atoms with Gasteiger partial charge in [-0.15, -0.1) is 0 Å². The van der Waals surface area contributed by atoms with E-state index in [1.807, 2.05) is 16.4 Å². The van der Waals surface area contributed by atoms with Crippen LogP contribution in [0, 0.1) is 0 Å². The average Bonchev–Trinajstić information content (AvgIpc) is 2.95. The van der Waals surface area contributed by atoms with E-state index in [1.54, 1.807) is 0 Å². The zero-order chi connectivity index (χ0) is 38.3. The molecule has 35 heteroatoms. The van der Waals surface area contributed by atoms with Gasteiger partial charge in [-0.2, -0.15) is 54.5 Å². The molecule has 3 N–H and O–H groups in total. The van der Waals surface area contributed by atoms with Gasteiger partial charge in [0, 0.05) is 18.1 Å². The van der Waals surface area contributed by atoms with E-state index in [2.05, 4.69) is 4.28 Å². The largest absolute Gasteiger partial charge is 1.00 e. The van der Waals surface area contributed by atoms with E-state index in [9.17, 15) is 77.1 Å².